The van der Waals surface area contributed by atoms with Gasteiger partial charge in [-0.15, -0.1) is 11.3 Å². The minimum Gasteiger partial charge on any atom is -0.495 e. The third kappa shape index (κ3) is 4.50. The Morgan fingerprint density at radius 3 is 2.47 bits per heavy atom. The van der Waals surface area contributed by atoms with Gasteiger partial charge in [-0.3, -0.25) is 9.59 Å². The number of ether oxygens (including phenoxy) is 1. The van der Waals surface area contributed by atoms with Gasteiger partial charge in [-0.2, -0.15) is 0 Å². The number of nitrogens with one attached hydrogen (secondary N) is 2. The molecule has 1 heterocycles. The van der Waals surface area contributed by atoms with Gasteiger partial charge in [0, 0.05) is 16.5 Å². The fourth-order valence-corrected chi connectivity index (χ4v) is 6.10. The van der Waals surface area contributed by atoms with Gasteiger partial charge in [0.15, 0.2) is 0 Å². The van der Waals surface area contributed by atoms with E-state index in [1.807, 2.05) is 6.92 Å². The first-order valence-corrected chi connectivity index (χ1v) is 11.9. The third-order valence-electron chi connectivity index (χ3n) is 5.25. The summed E-state index contributed by atoms with van der Waals surface area (Å²) in [5, 5.41) is 3.02. The molecule has 1 aliphatic rings. The van der Waals surface area contributed by atoms with E-state index >= 15 is 0 Å². The number of primary amides is 1. The Kier molecular flexibility index (Phi) is 6.49. The van der Waals surface area contributed by atoms with Gasteiger partial charge in [-0.05, 0) is 50.5 Å². The van der Waals surface area contributed by atoms with E-state index in [-0.39, 0.29) is 27.8 Å². The van der Waals surface area contributed by atoms with Crippen molar-refractivity contribution >= 4 is 38.2 Å². The number of aryl methyl sites for hydroxylation is 1. The molecule has 30 heavy (non-hydrogen) atoms. The highest BCUT2D eigenvalue weighted by Crippen LogP contribution is 2.33. The van der Waals surface area contributed by atoms with Crippen molar-refractivity contribution in [3.8, 4) is 5.75 Å². The van der Waals surface area contributed by atoms with Crippen LogP contribution in [0.4, 0.5) is 5.00 Å². The van der Waals surface area contributed by atoms with Gasteiger partial charge in [0.05, 0.1) is 12.7 Å². The van der Waals surface area contributed by atoms with Crippen LogP contribution in [0.5, 0.6) is 5.75 Å². The van der Waals surface area contributed by atoms with E-state index in [0.29, 0.717) is 10.6 Å². The monoisotopic (exact) mass is 451 g/mol. The summed E-state index contributed by atoms with van der Waals surface area (Å²) < 4.78 is 33.7. The molecule has 8 nitrogen and oxygen atoms in total. The number of hydrogen-bond donors (Lipinski definition) is 3. The van der Waals surface area contributed by atoms with Crippen LogP contribution in [0.1, 0.15) is 56.8 Å². The lowest BCUT2D eigenvalue weighted by Crippen LogP contribution is -2.33. The third-order valence-corrected chi connectivity index (χ3v) is 7.92. The molecule has 2 amide bonds. The molecule has 0 unspecified atom stereocenters. The number of benzene rings is 1. The lowest BCUT2D eigenvalue weighted by Gasteiger charge is -2.15. The Bertz CT molecular complexity index is 1090. The molecule has 3 rings (SSSR count). The molecule has 1 fully saturated rings. The van der Waals surface area contributed by atoms with E-state index in [0.717, 1.165) is 30.6 Å². The summed E-state index contributed by atoms with van der Waals surface area (Å²) in [5.74, 6) is -1.03. The molecule has 0 radical (unpaired) electrons. The first-order valence-electron chi connectivity index (χ1n) is 9.55. The highest BCUT2D eigenvalue weighted by molar-refractivity contribution is 7.89. The molecule has 2 aromatic rings. The van der Waals surface area contributed by atoms with E-state index in [1.54, 1.807) is 6.92 Å². The van der Waals surface area contributed by atoms with Gasteiger partial charge < -0.3 is 15.8 Å². The summed E-state index contributed by atoms with van der Waals surface area (Å²) in [7, 11) is -2.49. The van der Waals surface area contributed by atoms with E-state index in [1.165, 1.54) is 36.6 Å². The second-order valence-electron chi connectivity index (χ2n) is 7.27. The maximum absolute atomic E-state index is 12.9. The predicted molar refractivity (Wildman–Crippen MR) is 116 cm³/mol. The zero-order valence-corrected chi connectivity index (χ0v) is 18.7. The Labute approximate surface area is 179 Å². The molecule has 1 aromatic carbocycles. The smallest absolute Gasteiger partial charge is 0.256 e. The lowest BCUT2D eigenvalue weighted by atomic mass is 10.1. The van der Waals surface area contributed by atoms with Crippen molar-refractivity contribution < 1.29 is 22.7 Å². The van der Waals surface area contributed by atoms with Crippen molar-refractivity contribution in [1.29, 1.82) is 0 Å². The van der Waals surface area contributed by atoms with Gasteiger partial charge in [0.25, 0.3) is 11.8 Å². The number of hydrogen-bond acceptors (Lipinski definition) is 6. The van der Waals surface area contributed by atoms with Crippen LogP contribution in [-0.2, 0) is 10.0 Å². The summed E-state index contributed by atoms with van der Waals surface area (Å²) in [6, 6.07) is 4.08. The van der Waals surface area contributed by atoms with Crippen LogP contribution in [0.2, 0.25) is 0 Å². The molecule has 0 saturated heterocycles. The van der Waals surface area contributed by atoms with Crippen molar-refractivity contribution in [2.45, 2.75) is 50.5 Å². The van der Waals surface area contributed by atoms with Crippen LogP contribution < -0.4 is 20.5 Å². The zero-order valence-electron chi connectivity index (χ0n) is 17.1. The summed E-state index contributed by atoms with van der Waals surface area (Å²) >= 11 is 1.24. The van der Waals surface area contributed by atoms with Crippen molar-refractivity contribution in [3.63, 3.8) is 0 Å². The molecule has 0 aliphatic heterocycles. The molecule has 162 valence electrons. The number of carbonyl (C=O) groups excluding carboxylic acids is 2. The normalized spacial score (nSPS) is 14.6. The van der Waals surface area contributed by atoms with E-state index < -0.39 is 21.8 Å². The van der Waals surface area contributed by atoms with Crippen LogP contribution >= 0.6 is 11.3 Å². The SMILES string of the molecule is COc1ccc(C(=O)Nc2sc(C)c(C)c2C(N)=O)cc1S(=O)(=O)NC1CCCC1. The highest BCUT2D eigenvalue weighted by atomic mass is 32.2. The van der Waals surface area contributed by atoms with E-state index in [9.17, 15) is 18.0 Å². The van der Waals surface area contributed by atoms with Gasteiger partial charge >= 0.3 is 0 Å². The van der Waals surface area contributed by atoms with Gasteiger partial charge in [0.1, 0.15) is 15.6 Å². The van der Waals surface area contributed by atoms with Crippen LogP contribution in [0, 0.1) is 13.8 Å². The Hall–Kier alpha value is -2.43. The topological polar surface area (TPSA) is 128 Å². The summed E-state index contributed by atoms with van der Waals surface area (Å²) in [6.07, 6.45) is 3.53. The molecular weight excluding hydrogens is 426 g/mol. The molecule has 0 bridgehead atoms. The number of thiophene rings is 1. The number of sulfonamides is 1. The van der Waals surface area contributed by atoms with Crippen LogP contribution in [0.15, 0.2) is 23.1 Å². The van der Waals surface area contributed by atoms with E-state index in [2.05, 4.69) is 10.0 Å². The zero-order chi connectivity index (χ0) is 22.1. The van der Waals surface area contributed by atoms with E-state index in [4.69, 9.17) is 10.5 Å². The minimum absolute atomic E-state index is 0.0989. The molecule has 1 aliphatic carbocycles. The van der Waals surface area contributed by atoms with Gasteiger partial charge in [-0.1, -0.05) is 12.8 Å². The predicted octanol–water partition coefficient (Wildman–Crippen LogP) is 2.95. The lowest BCUT2D eigenvalue weighted by molar-refractivity contribution is 0.100. The number of nitrogens with two attached hydrogens (primary N) is 1. The van der Waals surface area contributed by atoms with Crippen molar-refractivity contribution in [3.05, 3.63) is 39.8 Å². The standard InChI is InChI=1S/C20H25N3O5S2/c1-11-12(2)29-20(17(11)18(21)24)22-19(25)13-8-9-15(28-3)16(10-13)30(26,27)23-14-6-4-5-7-14/h8-10,14,23H,4-7H2,1-3H3,(H2,21,24)(H,22,25). The molecule has 4 N–H and O–H groups in total. The summed E-state index contributed by atoms with van der Waals surface area (Å²) in [6.45, 7) is 3.59. The molecule has 0 spiro atoms. The summed E-state index contributed by atoms with van der Waals surface area (Å²) in [5.41, 5.74) is 6.55. The number of amides is 2. The van der Waals surface area contributed by atoms with Crippen LogP contribution in [0.3, 0.4) is 0 Å². The maximum Gasteiger partial charge on any atom is 0.256 e. The molecule has 10 heteroatoms. The number of methoxy groups -OCH3 is 1. The fraction of sp³-hybridized carbons (Fsp3) is 0.400. The first-order chi connectivity index (χ1) is 14.1. The largest absolute Gasteiger partial charge is 0.495 e. The van der Waals surface area contributed by atoms with Crippen LogP contribution in [0.25, 0.3) is 0 Å². The molecule has 1 saturated carbocycles. The maximum atomic E-state index is 12.9. The van der Waals surface area contributed by atoms with Gasteiger partial charge in [-0.25, -0.2) is 13.1 Å². The van der Waals surface area contributed by atoms with Crippen molar-refractivity contribution in [2.75, 3.05) is 12.4 Å². The van der Waals surface area contributed by atoms with Crippen molar-refractivity contribution in [1.82, 2.24) is 4.72 Å². The second kappa shape index (κ2) is 8.75. The number of anilines is 1. The molecular formula is C20H25N3O5S2. The Morgan fingerprint density at radius 2 is 1.87 bits per heavy atom. The highest BCUT2D eigenvalue weighted by Gasteiger charge is 2.27. The fourth-order valence-electron chi connectivity index (χ4n) is 3.54. The average Bonchev–Trinajstić information content (AvgIpc) is 3.28. The Balaban J connectivity index is 1.92. The quantitative estimate of drug-likeness (QED) is 0.596. The minimum atomic E-state index is -3.87. The summed E-state index contributed by atoms with van der Waals surface area (Å²) in [4.78, 5) is 25.4. The van der Waals surface area contributed by atoms with Gasteiger partial charge in [0.2, 0.25) is 10.0 Å². The van der Waals surface area contributed by atoms with Crippen molar-refractivity contribution in [2.24, 2.45) is 5.73 Å². The average molecular weight is 452 g/mol. The number of carbonyl (C=O) groups is 2. The first kappa shape index (κ1) is 22.3. The second-order valence-corrected chi connectivity index (χ2v) is 10.2. The number of rotatable bonds is 7. The van der Waals surface area contributed by atoms with Crippen LogP contribution in [-0.4, -0.2) is 33.4 Å². The Morgan fingerprint density at radius 1 is 1.20 bits per heavy atom. The molecule has 1 aromatic heterocycles. The molecule has 0 atom stereocenters.